The number of rotatable bonds is 2. The number of hydrogen-bond donors (Lipinski definition) is 0. The molecule has 2 atom stereocenters. The van der Waals surface area contributed by atoms with Gasteiger partial charge in [-0.3, -0.25) is 4.79 Å². The number of ether oxygens (including phenoxy) is 1. The Bertz CT molecular complexity index is 723. The zero-order valence-corrected chi connectivity index (χ0v) is 14.0. The number of aromatic nitrogens is 1. The number of carbonyl (C=O) groups excluding carboxylic acids is 1. The van der Waals surface area contributed by atoms with Gasteiger partial charge in [-0.25, -0.2) is 0 Å². The molecular weight excluding hydrogens is 292 g/mol. The van der Waals surface area contributed by atoms with Gasteiger partial charge in [0.15, 0.2) is 0 Å². The van der Waals surface area contributed by atoms with Gasteiger partial charge in [0, 0.05) is 6.07 Å². The van der Waals surface area contributed by atoms with Gasteiger partial charge in [0.25, 0.3) is 5.91 Å². The lowest BCUT2D eigenvalue weighted by Crippen LogP contribution is -2.48. The Balaban J connectivity index is 1.84. The number of aryl methyl sites for hydroxylation is 3. The maximum Gasteiger partial charge on any atom is 0.292 e. The third-order valence-electron chi connectivity index (χ3n) is 4.31. The van der Waals surface area contributed by atoms with E-state index in [2.05, 4.69) is 37.2 Å². The maximum absolute atomic E-state index is 12.7. The van der Waals surface area contributed by atoms with Gasteiger partial charge < -0.3 is 14.2 Å². The third-order valence-corrected chi connectivity index (χ3v) is 4.31. The summed E-state index contributed by atoms with van der Waals surface area (Å²) >= 11 is 0. The van der Waals surface area contributed by atoms with E-state index in [0.717, 1.165) is 5.56 Å². The van der Waals surface area contributed by atoms with E-state index in [1.807, 2.05) is 18.7 Å². The van der Waals surface area contributed by atoms with Gasteiger partial charge in [0.05, 0.1) is 24.9 Å². The Morgan fingerprint density at radius 2 is 2.04 bits per heavy atom. The molecule has 2 heterocycles. The maximum atomic E-state index is 12.7. The van der Waals surface area contributed by atoms with Crippen LogP contribution in [0.4, 0.5) is 0 Å². The molecule has 5 heteroatoms. The summed E-state index contributed by atoms with van der Waals surface area (Å²) in [5, 5.41) is 3.81. The first-order chi connectivity index (χ1) is 11.0. The van der Waals surface area contributed by atoms with Crippen LogP contribution in [-0.2, 0) is 4.74 Å². The summed E-state index contributed by atoms with van der Waals surface area (Å²) in [6.07, 6.45) is -0.112. The number of carbonyl (C=O) groups is 1. The Labute approximate surface area is 136 Å². The molecule has 0 saturated carbocycles. The predicted molar refractivity (Wildman–Crippen MR) is 86.3 cm³/mol. The molecule has 1 saturated heterocycles. The van der Waals surface area contributed by atoms with Crippen molar-refractivity contribution in [1.82, 2.24) is 10.1 Å². The van der Waals surface area contributed by atoms with Crippen molar-refractivity contribution in [1.29, 1.82) is 0 Å². The molecule has 23 heavy (non-hydrogen) atoms. The quantitative estimate of drug-likeness (QED) is 0.854. The Morgan fingerprint density at radius 3 is 2.74 bits per heavy atom. The second-order valence-corrected chi connectivity index (χ2v) is 6.32. The van der Waals surface area contributed by atoms with Gasteiger partial charge >= 0.3 is 0 Å². The first-order valence-electron chi connectivity index (χ1n) is 7.88. The average Bonchev–Trinajstić information content (AvgIpc) is 2.96. The molecular formula is C18H22N2O3. The van der Waals surface area contributed by atoms with E-state index in [9.17, 15) is 4.79 Å². The van der Waals surface area contributed by atoms with Crippen molar-refractivity contribution in [2.75, 3.05) is 13.2 Å². The van der Waals surface area contributed by atoms with Crippen LogP contribution in [0.3, 0.4) is 0 Å². The fourth-order valence-electron chi connectivity index (χ4n) is 2.94. The predicted octanol–water partition coefficient (Wildman–Crippen LogP) is 3.20. The lowest BCUT2D eigenvalue weighted by atomic mass is 9.98. The highest BCUT2D eigenvalue weighted by molar-refractivity contribution is 5.91. The largest absolute Gasteiger partial charge is 0.370 e. The van der Waals surface area contributed by atoms with Crippen molar-refractivity contribution in [3.63, 3.8) is 0 Å². The molecule has 0 spiro atoms. The molecule has 0 radical (unpaired) electrons. The minimum absolute atomic E-state index is 0.00858. The van der Waals surface area contributed by atoms with Crippen LogP contribution < -0.4 is 0 Å². The van der Waals surface area contributed by atoms with Crippen LogP contribution in [0, 0.1) is 20.8 Å². The summed E-state index contributed by atoms with van der Waals surface area (Å²) < 4.78 is 11.1. The van der Waals surface area contributed by atoms with E-state index in [-0.39, 0.29) is 23.8 Å². The third kappa shape index (κ3) is 3.15. The molecule has 122 valence electrons. The lowest BCUT2D eigenvalue weighted by molar-refractivity contribution is -0.0499. The van der Waals surface area contributed by atoms with Gasteiger partial charge in [-0.1, -0.05) is 28.9 Å². The minimum atomic E-state index is -0.128. The average molecular weight is 314 g/mol. The van der Waals surface area contributed by atoms with Crippen molar-refractivity contribution in [3.05, 3.63) is 52.4 Å². The number of benzene rings is 1. The van der Waals surface area contributed by atoms with E-state index < -0.39 is 0 Å². The molecule has 1 aliphatic heterocycles. The van der Waals surface area contributed by atoms with Gasteiger partial charge in [-0.15, -0.1) is 0 Å². The Kier molecular flexibility index (Phi) is 4.22. The zero-order valence-electron chi connectivity index (χ0n) is 14.0. The van der Waals surface area contributed by atoms with Crippen LogP contribution in [0.1, 0.15) is 46.0 Å². The Morgan fingerprint density at radius 1 is 1.26 bits per heavy atom. The van der Waals surface area contributed by atoms with Crippen molar-refractivity contribution in [2.45, 2.75) is 39.8 Å². The molecule has 0 aliphatic carbocycles. The van der Waals surface area contributed by atoms with Crippen LogP contribution in [-0.4, -0.2) is 35.2 Å². The highest BCUT2D eigenvalue weighted by Gasteiger charge is 2.33. The lowest BCUT2D eigenvalue weighted by Gasteiger charge is -2.38. The van der Waals surface area contributed by atoms with Crippen molar-refractivity contribution < 1.29 is 14.1 Å². The summed E-state index contributed by atoms with van der Waals surface area (Å²) in [7, 11) is 0. The molecule has 3 rings (SSSR count). The van der Waals surface area contributed by atoms with Crippen LogP contribution >= 0.6 is 0 Å². The van der Waals surface area contributed by atoms with E-state index >= 15 is 0 Å². The molecule has 1 aromatic carbocycles. The number of morpholine rings is 1. The standard InChI is InChI=1S/C18H22N2O3/c1-11-5-6-12(2)15(7-11)17-9-20(14(4)10-22-17)18(21)16-8-13(3)19-23-16/h5-8,14,17H,9-10H2,1-4H3. The molecule has 0 bridgehead atoms. The smallest absolute Gasteiger partial charge is 0.292 e. The molecule has 1 fully saturated rings. The van der Waals surface area contributed by atoms with Gasteiger partial charge in [-0.2, -0.15) is 0 Å². The van der Waals surface area contributed by atoms with Crippen molar-refractivity contribution in [3.8, 4) is 0 Å². The summed E-state index contributed by atoms with van der Waals surface area (Å²) in [6, 6.07) is 8.01. The van der Waals surface area contributed by atoms with Crippen molar-refractivity contribution in [2.24, 2.45) is 0 Å². The molecule has 2 aromatic rings. The fourth-order valence-corrected chi connectivity index (χ4v) is 2.94. The second-order valence-electron chi connectivity index (χ2n) is 6.32. The normalized spacial score (nSPS) is 21.5. The van der Waals surface area contributed by atoms with Gasteiger partial charge in [-0.05, 0) is 38.8 Å². The van der Waals surface area contributed by atoms with Gasteiger partial charge in [0.1, 0.15) is 6.10 Å². The first-order valence-corrected chi connectivity index (χ1v) is 7.88. The summed E-state index contributed by atoms with van der Waals surface area (Å²) in [4.78, 5) is 14.5. The molecule has 2 unspecified atom stereocenters. The topological polar surface area (TPSA) is 55.6 Å². The SMILES string of the molecule is Cc1ccc(C)c(C2CN(C(=O)c3cc(C)no3)C(C)CO2)c1. The molecule has 1 aliphatic rings. The van der Waals surface area contributed by atoms with Crippen molar-refractivity contribution >= 4 is 5.91 Å². The molecule has 0 N–H and O–H groups in total. The van der Waals surface area contributed by atoms with Crippen LogP contribution in [0.2, 0.25) is 0 Å². The number of amides is 1. The summed E-state index contributed by atoms with van der Waals surface area (Å²) in [5.74, 6) is 0.160. The van der Waals surface area contributed by atoms with Crippen LogP contribution in [0.5, 0.6) is 0 Å². The van der Waals surface area contributed by atoms with E-state index in [4.69, 9.17) is 9.26 Å². The second kappa shape index (κ2) is 6.16. The monoisotopic (exact) mass is 314 g/mol. The first kappa shape index (κ1) is 15.7. The highest BCUT2D eigenvalue weighted by atomic mass is 16.5. The molecule has 1 amide bonds. The fraction of sp³-hybridized carbons (Fsp3) is 0.444. The molecule has 5 nitrogen and oxygen atoms in total. The zero-order chi connectivity index (χ0) is 16.6. The van der Waals surface area contributed by atoms with E-state index in [1.165, 1.54) is 11.1 Å². The number of hydrogen-bond acceptors (Lipinski definition) is 4. The minimum Gasteiger partial charge on any atom is -0.370 e. The van der Waals surface area contributed by atoms with Crippen LogP contribution in [0.25, 0.3) is 0 Å². The van der Waals surface area contributed by atoms with Crippen LogP contribution in [0.15, 0.2) is 28.8 Å². The summed E-state index contributed by atoms with van der Waals surface area (Å²) in [6.45, 7) is 8.96. The molecule has 1 aromatic heterocycles. The van der Waals surface area contributed by atoms with E-state index in [1.54, 1.807) is 6.07 Å². The van der Waals surface area contributed by atoms with E-state index in [0.29, 0.717) is 18.8 Å². The van der Waals surface area contributed by atoms with Gasteiger partial charge in [0.2, 0.25) is 5.76 Å². The highest BCUT2D eigenvalue weighted by Crippen LogP contribution is 2.29. The Hall–Kier alpha value is -2.14. The summed E-state index contributed by atoms with van der Waals surface area (Å²) in [5.41, 5.74) is 4.22. The number of nitrogens with zero attached hydrogens (tertiary/aromatic N) is 2.